The zero-order valence-corrected chi connectivity index (χ0v) is 16.7. The molecule has 2 aromatic carbocycles. The van der Waals surface area contributed by atoms with Crippen LogP contribution in [0.5, 0.6) is 5.75 Å². The highest BCUT2D eigenvalue weighted by Crippen LogP contribution is 2.23. The van der Waals surface area contributed by atoms with Crippen LogP contribution >= 0.6 is 0 Å². The van der Waals surface area contributed by atoms with Crippen LogP contribution in [-0.2, 0) is 4.79 Å². The lowest BCUT2D eigenvalue weighted by Gasteiger charge is -2.37. The molecule has 1 aliphatic heterocycles. The van der Waals surface area contributed by atoms with Gasteiger partial charge in [-0.2, -0.15) is 0 Å². The van der Waals surface area contributed by atoms with E-state index in [0.29, 0.717) is 11.4 Å². The molecule has 0 aromatic heterocycles. The number of anilines is 1. The maximum atomic E-state index is 12.7. The lowest BCUT2D eigenvalue weighted by Crippen LogP contribution is -2.52. The number of nitrogens with zero attached hydrogens (tertiary/aromatic N) is 2. The van der Waals surface area contributed by atoms with Gasteiger partial charge in [0.05, 0.1) is 18.8 Å². The first-order chi connectivity index (χ1) is 13.7. The Bertz CT molecular complexity index is 783. The summed E-state index contributed by atoms with van der Waals surface area (Å²) in [6.07, 6.45) is 4.37. The number of amides is 1. The van der Waals surface area contributed by atoms with E-state index < -0.39 is 0 Å². The lowest BCUT2D eigenvalue weighted by atomic mass is 10.2. The number of benzene rings is 2. The van der Waals surface area contributed by atoms with E-state index in [0.717, 1.165) is 32.7 Å². The minimum Gasteiger partial charge on any atom is -0.495 e. The highest BCUT2D eigenvalue weighted by atomic mass is 16.5. The number of piperazine rings is 1. The summed E-state index contributed by atoms with van der Waals surface area (Å²) in [7, 11) is 1.61. The molecule has 0 radical (unpaired) electrons. The summed E-state index contributed by atoms with van der Waals surface area (Å²) in [6, 6.07) is 17.7. The van der Waals surface area contributed by atoms with Crippen molar-refractivity contribution in [1.29, 1.82) is 0 Å². The molecule has 3 rings (SSSR count). The molecule has 1 saturated heterocycles. The van der Waals surface area contributed by atoms with Gasteiger partial charge in [-0.1, -0.05) is 54.6 Å². The second kappa shape index (κ2) is 10.1. The number of hydrogen-bond donors (Lipinski definition) is 1. The second-order valence-electron chi connectivity index (χ2n) is 7.02. The van der Waals surface area contributed by atoms with Crippen molar-refractivity contribution in [2.24, 2.45) is 0 Å². The van der Waals surface area contributed by atoms with Gasteiger partial charge in [-0.05, 0) is 24.6 Å². The number of rotatable bonds is 7. The molecule has 1 N–H and O–H groups in total. The highest BCUT2D eigenvalue weighted by Gasteiger charge is 2.25. The van der Waals surface area contributed by atoms with Crippen molar-refractivity contribution < 1.29 is 9.53 Å². The van der Waals surface area contributed by atoms with Gasteiger partial charge in [0.15, 0.2) is 0 Å². The van der Waals surface area contributed by atoms with Crippen molar-refractivity contribution in [3.8, 4) is 5.75 Å². The summed E-state index contributed by atoms with van der Waals surface area (Å²) < 4.78 is 5.31. The Balaban J connectivity index is 1.46. The summed E-state index contributed by atoms with van der Waals surface area (Å²) in [6.45, 7) is 6.61. The molecule has 1 fully saturated rings. The third-order valence-electron chi connectivity index (χ3n) is 5.17. The summed E-state index contributed by atoms with van der Waals surface area (Å²) in [5.74, 6) is 0.681. The Kier molecular flexibility index (Phi) is 7.23. The number of para-hydroxylation sites is 2. The first kappa shape index (κ1) is 20.1. The van der Waals surface area contributed by atoms with Crippen LogP contribution in [0.3, 0.4) is 0 Å². The molecular weight excluding hydrogens is 350 g/mol. The highest BCUT2D eigenvalue weighted by molar-refractivity contribution is 5.95. The number of hydrogen-bond acceptors (Lipinski definition) is 4. The fourth-order valence-electron chi connectivity index (χ4n) is 3.39. The van der Waals surface area contributed by atoms with Gasteiger partial charge in [-0.25, -0.2) is 0 Å². The lowest BCUT2D eigenvalue weighted by molar-refractivity contribution is -0.121. The second-order valence-corrected chi connectivity index (χ2v) is 7.02. The van der Waals surface area contributed by atoms with E-state index in [-0.39, 0.29) is 11.9 Å². The minimum absolute atomic E-state index is 0.00178. The van der Waals surface area contributed by atoms with Gasteiger partial charge < -0.3 is 10.1 Å². The van der Waals surface area contributed by atoms with Crippen LogP contribution < -0.4 is 10.1 Å². The van der Waals surface area contributed by atoms with E-state index in [1.807, 2.05) is 37.3 Å². The van der Waals surface area contributed by atoms with Crippen LogP contribution in [0.4, 0.5) is 5.69 Å². The average molecular weight is 380 g/mol. The molecule has 0 bridgehead atoms. The first-order valence-electron chi connectivity index (χ1n) is 9.79. The normalized spacial score (nSPS) is 16.8. The zero-order chi connectivity index (χ0) is 19.8. The largest absolute Gasteiger partial charge is 0.495 e. The maximum absolute atomic E-state index is 12.7. The van der Waals surface area contributed by atoms with Crippen molar-refractivity contribution in [1.82, 2.24) is 9.80 Å². The van der Waals surface area contributed by atoms with Crippen LogP contribution in [0.1, 0.15) is 12.5 Å². The molecule has 28 heavy (non-hydrogen) atoms. The quantitative estimate of drug-likeness (QED) is 0.801. The monoisotopic (exact) mass is 379 g/mol. The molecular formula is C23H29N3O2. The third kappa shape index (κ3) is 5.44. The molecule has 2 aromatic rings. The molecule has 0 saturated carbocycles. The number of nitrogens with one attached hydrogen (secondary N) is 1. The molecule has 0 spiro atoms. The van der Waals surface area contributed by atoms with Crippen molar-refractivity contribution in [3.63, 3.8) is 0 Å². The third-order valence-corrected chi connectivity index (χ3v) is 5.17. The number of ether oxygens (including phenoxy) is 1. The average Bonchev–Trinajstić information content (AvgIpc) is 2.75. The van der Waals surface area contributed by atoms with E-state index in [1.54, 1.807) is 7.11 Å². The molecule has 1 atom stereocenters. The van der Waals surface area contributed by atoms with Crippen LogP contribution in [0.2, 0.25) is 0 Å². The van der Waals surface area contributed by atoms with Crippen LogP contribution in [0, 0.1) is 0 Å². The zero-order valence-electron chi connectivity index (χ0n) is 16.7. The van der Waals surface area contributed by atoms with E-state index >= 15 is 0 Å². The van der Waals surface area contributed by atoms with Gasteiger partial charge in [0, 0.05) is 32.7 Å². The fraction of sp³-hybridized carbons (Fsp3) is 0.348. The van der Waals surface area contributed by atoms with Crippen LogP contribution in [0.15, 0.2) is 60.7 Å². The Labute approximate surface area is 167 Å². The smallest absolute Gasteiger partial charge is 0.241 e. The van der Waals surface area contributed by atoms with Gasteiger partial charge in [0.1, 0.15) is 5.75 Å². The Hall–Kier alpha value is -2.63. The summed E-state index contributed by atoms with van der Waals surface area (Å²) in [5.41, 5.74) is 1.94. The van der Waals surface area contributed by atoms with Crippen molar-refractivity contribution in [2.75, 3.05) is 45.2 Å². The molecule has 1 heterocycles. The van der Waals surface area contributed by atoms with Gasteiger partial charge in [0.2, 0.25) is 5.91 Å². The van der Waals surface area contributed by atoms with Crippen LogP contribution in [-0.4, -0.2) is 61.6 Å². The summed E-state index contributed by atoms with van der Waals surface area (Å²) in [5, 5.41) is 2.99. The number of methoxy groups -OCH3 is 1. The molecule has 148 valence electrons. The Morgan fingerprint density at radius 3 is 2.46 bits per heavy atom. The predicted octanol–water partition coefficient (Wildman–Crippen LogP) is 3.35. The Morgan fingerprint density at radius 2 is 1.75 bits per heavy atom. The van der Waals surface area contributed by atoms with E-state index in [1.165, 1.54) is 5.56 Å². The maximum Gasteiger partial charge on any atom is 0.241 e. The fourth-order valence-corrected chi connectivity index (χ4v) is 3.39. The molecule has 0 unspecified atom stereocenters. The van der Waals surface area contributed by atoms with Gasteiger partial charge in [0.25, 0.3) is 0 Å². The summed E-state index contributed by atoms with van der Waals surface area (Å²) in [4.78, 5) is 17.3. The van der Waals surface area contributed by atoms with E-state index in [4.69, 9.17) is 4.74 Å². The van der Waals surface area contributed by atoms with Gasteiger partial charge in [-0.15, -0.1) is 0 Å². The van der Waals surface area contributed by atoms with E-state index in [9.17, 15) is 4.79 Å². The standard InChI is InChI=1S/C23H29N3O2/c1-19(23(27)24-21-12-6-7-13-22(21)28-2)26-17-15-25(16-18-26)14-8-11-20-9-4-3-5-10-20/h3-13,19H,14-18H2,1-2H3,(H,24,27)/t19-/m1/s1. The minimum atomic E-state index is -0.174. The van der Waals surface area contributed by atoms with E-state index in [2.05, 4.69) is 51.5 Å². The molecule has 5 heteroatoms. The van der Waals surface area contributed by atoms with Crippen LogP contribution in [0.25, 0.3) is 6.08 Å². The summed E-state index contributed by atoms with van der Waals surface area (Å²) >= 11 is 0. The topological polar surface area (TPSA) is 44.8 Å². The Morgan fingerprint density at radius 1 is 1.07 bits per heavy atom. The van der Waals surface area contributed by atoms with Gasteiger partial charge in [-0.3, -0.25) is 14.6 Å². The molecule has 0 aliphatic carbocycles. The first-order valence-corrected chi connectivity index (χ1v) is 9.79. The SMILES string of the molecule is COc1ccccc1NC(=O)[C@@H](C)N1CCN(CC=Cc2ccccc2)CC1. The predicted molar refractivity (Wildman–Crippen MR) is 115 cm³/mol. The van der Waals surface area contributed by atoms with Gasteiger partial charge >= 0.3 is 0 Å². The molecule has 1 amide bonds. The van der Waals surface area contributed by atoms with Crippen molar-refractivity contribution in [3.05, 3.63) is 66.2 Å². The molecule has 5 nitrogen and oxygen atoms in total. The van der Waals surface area contributed by atoms with Crippen molar-refractivity contribution >= 4 is 17.7 Å². The molecule has 1 aliphatic rings. The number of carbonyl (C=O) groups is 1. The van der Waals surface area contributed by atoms with Crippen molar-refractivity contribution in [2.45, 2.75) is 13.0 Å². The number of carbonyl (C=O) groups excluding carboxylic acids is 1.